The molecule has 0 saturated heterocycles. The Bertz CT molecular complexity index is 1470. The van der Waals surface area contributed by atoms with Gasteiger partial charge in [-0.2, -0.15) is 0 Å². The van der Waals surface area contributed by atoms with Crippen molar-refractivity contribution in [3.63, 3.8) is 0 Å². The summed E-state index contributed by atoms with van der Waals surface area (Å²) in [5.74, 6) is 0.204. The Kier molecular flexibility index (Phi) is 12.9. The number of carbonyl (C=O) groups is 1. The summed E-state index contributed by atoms with van der Waals surface area (Å²) in [6, 6.07) is 16.8. The van der Waals surface area contributed by atoms with E-state index in [2.05, 4.69) is 17.0 Å². The Morgan fingerprint density at radius 1 is 0.818 bits per heavy atom. The lowest BCUT2D eigenvalue weighted by atomic mass is 9.86. The van der Waals surface area contributed by atoms with Gasteiger partial charge in [0.05, 0.1) is 10.6 Å². The number of amides is 1. The Balaban J connectivity index is 1.72. The zero-order chi connectivity index (χ0) is 32.2. The summed E-state index contributed by atoms with van der Waals surface area (Å²) in [6.07, 6.45) is 10.0. The van der Waals surface area contributed by atoms with Crippen LogP contribution in [-0.2, 0) is 20.2 Å². The standard InChI is InChI=1S/C35H48N2O6S/c1-5-6-7-8-9-10-11-12-13-20-33(43-29-21-22-32(39)31(25-29)35(2,3)4)34(40)36-26-16-15-19-30(24-26)44(41,42)37-27-17-14-18-28(38)23-27/h14-19,21-25,33,37-39H,5-13,20H2,1-4H3,(H,36,40). The predicted octanol–water partition coefficient (Wildman–Crippen LogP) is 8.50. The lowest BCUT2D eigenvalue weighted by Crippen LogP contribution is -2.33. The minimum atomic E-state index is -3.98. The zero-order valence-corrected chi connectivity index (χ0v) is 27.3. The number of hydrogen-bond acceptors (Lipinski definition) is 6. The number of carbonyl (C=O) groups excluding carboxylic acids is 1. The molecule has 0 heterocycles. The Labute approximate surface area is 262 Å². The first kappa shape index (κ1) is 34.8. The van der Waals surface area contributed by atoms with Crippen molar-refractivity contribution in [1.29, 1.82) is 0 Å². The summed E-state index contributed by atoms with van der Waals surface area (Å²) in [5, 5.41) is 22.9. The van der Waals surface area contributed by atoms with Gasteiger partial charge in [-0.1, -0.05) is 91.2 Å². The van der Waals surface area contributed by atoms with Crippen LogP contribution in [0.3, 0.4) is 0 Å². The highest BCUT2D eigenvalue weighted by atomic mass is 32.2. The van der Waals surface area contributed by atoms with Crippen molar-refractivity contribution in [3.8, 4) is 17.2 Å². The molecule has 44 heavy (non-hydrogen) atoms. The Hall–Kier alpha value is -3.72. The van der Waals surface area contributed by atoms with Crippen LogP contribution in [0.15, 0.2) is 71.6 Å². The molecule has 0 spiro atoms. The molecule has 3 aromatic rings. The molecule has 4 N–H and O–H groups in total. The molecule has 0 fully saturated rings. The van der Waals surface area contributed by atoms with Crippen LogP contribution in [0.2, 0.25) is 0 Å². The lowest BCUT2D eigenvalue weighted by Gasteiger charge is -2.23. The molecule has 3 aromatic carbocycles. The molecule has 0 aliphatic carbocycles. The van der Waals surface area contributed by atoms with Crippen LogP contribution in [0.5, 0.6) is 17.2 Å². The third kappa shape index (κ3) is 11.1. The van der Waals surface area contributed by atoms with Gasteiger partial charge in [-0.05, 0) is 66.8 Å². The fourth-order valence-corrected chi connectivity index (χ4v) is 6.08. The van der Waals surface area contributed by atoms with Crippen LogP contribution in [0, 0.1) is 0 Å². The van der Waals surface area contributed by atoms with Crippen molar-refractivity contribution in [2.24, 2.45) is 0 Å². The van der Waals surface area contributed by atoms with E-state index in [1.54, 1.807) is 30.3 Å². The summed E-state index contributed by atoms with van der Waals surface area (Å²) in [7, 11) is -3.98. The number of phenolic OH excluding ortho intramolecular Hbond substituents is 2. The summed E-state index contributed by atoms with van der Waals surface area (Å²) < 4.78 is 34.7. The average molecular weight is 625 g/mol. The summed E-state index contributed by atoms with van der Waals surface area (Å²) in [6.45, 7) is 8.20. The molecule has 1 amide bonds. The van der Waals surface area contributed by atoms with E-state index in [4.69, 9.17) is 4.74 Å². The van der Waals surface area contributed by atoms with Crippen LogP contribution < -0.4 is 14.8 Å². The topological polar surface area (TPSA) is 125 Å². The molecule has 0 saturated carbocycles. The van der Waals surface area contributed by atoms with Gasteiger partial charge in [-0.3, -0.25) is 9.52 Å². The third-order valence-corrected chi connectivity index (χ3v) is 8.81. The maximum absolute atomic E-state index is 13.5. The van der Waals surface area contributed by atoms with Gasteiger partial charge in [-0.15, -0.1) is 0 Å². The number of nitrogens with one attached hydrogen (secondary N) is 2. The van der Waals surface area contributed by atoms with Gasteiger partial charge in [-0.25, -0.2) is 8.42 Å². The van der Waals surface area contributed by atoms with Gasteiger partial charge in [0.1, 0.15) is 17.2 Å². The number of rotatable bonds is 17. The second-order valence-electron chi connectivity index (χ2n) is 12.3. The molecule has 240 valence electrons. The third-order valence-electron chi connectivity index (χ3n) is 7.43. The first-order valence-corrected chi connectivity index (χ1v) is 17.1. The SMILES string of the molecule is CCCCCCCCCCCC(Oc1ccc(O)c(C(C)(C)C)c1)C(=O)Nc1cccc(S(=O)(=O)Nc2cccc(O)c2)c1. The van der Waals surface area contributed by atoms with Crippen molar-refractivity contribution in [2.45, 2.75) is 108 Å². The first-order chi connectivity index (χ1) is 20.9. The molecule has 0 aromatic heterocycles. The van der Waals surface area contributed by atoms with Crippen LogP contribution in [-0.4, -0.2) is 30.6 Å². The highest BCUT2D eigenvalue weighted by Gasteiger charge is 2.24. The molecule has 0 radical (unpaired) electrons. The van der Waals surface area contributed by atoms with Gasteiger partial charge in [0.25, 0.3) is 15.9 Å². The van der Waals surface area contributed by atoms with E-state index in [1.165, 1.54) is 74.9 Å². The van der Waals surface area contributed by atoms with Crippen molar-refractivity contribution in [3.05, 3.63) is 72.3 Å². The largest absolute Gasteiger partial charge is 0.508 e. The van der Waals surface area contributed by atoms with E-state index in [0.29, 0.717) is 17.9 Å². The van der Waals surface area contributed by atoms with Crippen LogP contribution >= 0.6 is 0 Å². The normalized spacial score (nSPS) is 12.5. The number of benzene rings is 3. The molecular weight excluding hydrogens is 576 g/mol. The van der Waals surface area contributed by atoms with Gasteiger partial charge in [0.15, 0.2) is 6.10 Å². The van der Waals surface area contributed by atoms with E-state index in [9.17, 15) is 23.4 Å². The number of ether oxygens (including phenoxy) is 1. The summed E-state index contributed by atoms with van der Waals surface area (Å²) in [5.41, 5.74) is 0.930. The number of phenols is 2. The van der Waals surface area contributed by atoms with Crippen molar-refractivity contribution >= 4 is 27.3 Å². The molecule has 1 atom stereocenters. The number of hydrogen-bond donors (Lipinski definition) is 4. The first-order valence-electron chi connectivity index (χ1n) is 15.6. The van der Waals surface area contributed by atoms with Crippen molar-refractivity contribution in [2.75, 3.05) is 10.0 Å². The molecule has 0 aliphatic heterocycles. The van der Waals surface area contributed by atoms with Gasteiger partial charge in [0.2, 0.25) is 0 Å². The maximum atomic E-state index is 13.5. The quantitative estimate of drug-likeness (QED) is 0.112. The highest BCUT2D eigenvalue weighted by Crippen LogP contribution is 2.34. The van der Waals surface area contributed by atoms with Crippen LogP contribution in [0.4, 0.5) is 11.4 Å². The van der Waals surface area contributed by atoms with E-state index >= 15 is 0 Å². The second kappa shape index (κ2) is 16.4. The fraction of sp³-hybridized carbons (Fsp3) is 0.457. The molecule has 0 bridgehead atoms. The predicted molar refractivity (Wildman–Crippen MR) is 177 cm³/mol. The second-order valence-corrected chi connectivity index (χ2v) is 14.0. The van der Waals surface area contributed by atoms with Crippen molar-refractivity contribution in [1.82, 2.24) is 0 Å². The molecular formula is C35H48N2O6S. The summed E-state index contributed by atoms with van der Waals surface area (Å²) in [4.78, 5) is 13.5. The molecule has 9 heteroatoms. The zero-order valence-electron chi connectivity index (χ0n) is 26.4. The van der Waals surface area contributed by atoms with Crippen molar-refractivity contribution < 1.29 is 28.2 Å². The smallest absolute Gasteiger partial charge is 0.265 e. The Morgan fingerprint density at radius 3 is 2.11 bits per heavy atom. The average Bonchev–Trinajstić information content (AvgIpc) is 2.96. The molecule has 0 aliphatic rings. The van der Waals surface area contributed by atoms with Gasteiger partial charge in [0, 0.05) is 17.3 Å². The van der Waals surface area contributed by atoms with E-state index in [1.807, 2.05) is 20.8 Å². The Morgan fingerprint density at radius 2 is 1.45 bits per heavy atom. The van der Waals surface area contributed by atoms with Gasteiger partial charge < -0.3 is 20.3 Å². The number of sulfonamides is 1. The lowest BCUT2D eigenvalue weighted by molar-refractivity contribution is -0.123. The van der Waals surface area contributed by atoms with E-state index < -0.39 is 16.1 Å². The number of aromatic hydroxyl groups is 2. The molecule has 1 unspecified atom stereocenters. The van der Waals surface area contributed by atoms with Crippen LogP contribution in [0.25, 0.3) is 0 Å². The highest BCUT2D eigenvalue weighted by molar-refractivity contribution is 7.92. The van der Waals surface area contributed by atoms with E-state index in [0.717, 1.165) is 24.8 Å². The maximum Gasteiger partial charge on any atom is 0.265 e. The monoisotopic (exact) mass is 624 g/mol. The van der Waals surface area contributed by atoms with Gasteiger partial charge >= 0.3 is 0 Å². The minimum Gasteiger partial charge on any atom is -0.508 e. The van der Waals surface area contributed by atoms with E-state index in [-0.39, 0.29) is 33.4 Å². The molecule has 3 rings (SSSR count). The number of anilines is 2. The fourth-order valence-electron chi connectivity index (χ4n) is 4.98. The van der Waals surface area contributed by atoms with Crippen LogP contribution in [0.1, 0.15) is 97.5 Å². The minimum absolute atomic E-state index is 0.0385. The molecule has 8 nitrogen and oxygen atoms in total. The number of unbranched alkanes of at least 4 members (excludes halogenated alkanes) is 8. The summed E-state index contributed by atoms with van der Waals surface area (Å²) >= 11 is 0.